The molecule has 0 aliphatic carbocycles. The molecule has 6 atom stereocenters. The average Bonchev–Trinajstić information content (AvgIpc) is 3.29. The second-order valence-electron chi connectivity index (χ2n) is 7.66. The number of ether oxygens (including phenoxy) is 3. The zero-order valence-electron chi connectivity index (χ0n) is 16.5. The quantitative estimate of drug-likeness (QED) is 0.656. The Morgan fingerprint density at radius 2 is 2.00 bits per heavy atom. The predicted octanol–water partition coefficient (Wildman–Crippen LogP) is 2.30. The molecule has 2 aliphatic rings. The fourth-order valence-corrected chi connectivity index (χ4v) is 4.55. The van der Waals surface area contributed by atoms with Gasteiger partial charge >= 0.3 is 0 Å². The number of aryl methyl sites for hydroxylation is 1. The van der Waals surface area contributed by atoms with Gasteiger partial charge in [0.1, 0.15) is 36.4 Å². The van der Waals surface area contributed by atoms with Crippen LogP contribution in [0.5, 0.6) is 0 Å². The lowest BCUT2D eigenvalue weighted by Crippen LogP contribution is -2.40. The molecule has 8 nitrogen and oxygen atoms in total. The minimum atomic E-state index is -1.17. The minimum Gasteiger partial charge on any atom is -0.387 e. The van der Waals surface area contributed by atoms with E-state index in [1.54, 1.807) is 23.9 Å². The molecule has 2 aromatic heterocycles. The Morgan fingerprint density at radius 1 is 1.17 bits per heavy atom. The summed E-state index contributed by atoms with van der Waals surface area (Å²) in [6.07, 6.45) is -1.29. The van der Waals surface area contributed by atoms with Crippen molar-refractivity contribution in [1.82, 2.24) is 14.5 Å². The lowest BCUT2D eigenvalue weighted by Gasteiger charge is -2.35. The van der Waals surface area contributed by atoms with E-state index in [4.69, 9.17) is 25.8 Å². The molecule has 3 aromatic rings. The molecule has 9 heteroatoms. The van der Waals surface area contributed by atoms with Gasteiger partial charge in [0.05, 0.1) is 5.69 Å². The number of rotatable bonds is 3. The first-order valence-corrected chi connectivity index (χ1v) is 10.1. The van der Waals surface area contributed by atoms with Crippen molar-refractivity contribution in [3.8, 4) is 0 Å². The maximum Gasteiger partial charge on any atom is 0.164 e. The summed E-state index contributed by atoms with van der Waals surface area (Å²) in [5, 5.41) is 23.2. The van der Waals surface area contributed by atoms with Crippen LogP contribution in [0, 0.1) is 6.92 Å². The van der Waals surface area contributed by atoms with Gasteiger partial charge in [-0.15, -0.1) is 0 Å². The number of halogens is 1. The summed E-state index contributed by atoms with van der Waals surface area (Å²) in [7, 11) is 1.56. The van der Waals surface area contributed by atoms with Crippen LogP contribution in [0.2, 0.25) is 5.02 Å². The number of nitrogens with zero attached hydrogens (tertiary/aromatic N) is 3. The van der Waals surface area contributed by atoms with Gasteiger partial charge in [0, 0.05) is 30.1 Å². The van der Waals surface area contributed by atoms with E-state index in [2.05, 4.69) is 9.97 Å². The van der Waals surface area contributed by atoms with Crippen molar-refractivity contribution in [2.24, 2.45) is 0 Å². The van der Waals surface area contributed by atoms with E-state index in [1.807, 2.05) is 25.1 Å². The number of hydrogen-bond donors (Lipinski definition) is 2. The van der Waals surface area contributed by atoms with Gasteiger partial charge in [-0.25, -0.2) is 9.97 Å². The van der Waals surface area contributed by atoms with Crippen molar-refractivity contribution in [3.05, 3.63) is 58.6 Å². The van der Waals surface area contributed by atoms with Crippen LogP contribution >= 0.6 is 11.6 Å². The minimum absolute atomic E-state index is 0.504. The summed E-state index contributed by atoms with van der Waals surface area (Å²) >= 11 is 6.17. The molecule has 4 heterocycles. The third-order valence-electron chi connectivity index (χ3n) is 5.92. The molecule has 158 valence electrons. The van der Waals surface area contributed by atoms with E-state index in [9.17, 15) is 10.2 Å². The van der Waals surface area contributed by atoms with Crippen LogP contribution in [-0.2, 0) is 20.6 Å². The Hall–Kier alpha value is -2.07. The van der Waals surface area contributed by atoms with E-state index in [1.165, 1.54) is 6.33 Å². The fourth-order valence-electron chi connectivity index (χ4n) is 4.35. The van der Waals surface area contributed by atoms with Crippen LogP contribution in [0.15, 0.2) is 36.8 Å². The van der Waals surface area contributed by atoms with Crippen LogP contribution in [0.3, 0.4) is 0 Å². The summed E-state index contributed by atoms with van der Waals surface area (Å²) in [6.45, 7) is 1.89. The number of aliphatic hydroxyl groups is 2. The van der Waals surface area contributed by atoms with Crippen molar-refractivity contribution in [2.45, 2.75) is 50.3 Å². The molecule has 1 saturated heterocycles. The number of aliphatic hydroxyl groups excluding tert-OH is 2. The van der Waals surface area contributed by atoms with E-state index in [-0.39, 0.29) is 0 Å². The first-order chi connectivity index (χ1) is 14.5. The summed E-state index contributed by atoms with van der Waals surface area (Å²) in [6, 6.07) is 7.38. The number of methoxy groups -OCH3 is 1. The second-order valence-corrected chi connectivity index (χ2v) is 8.10. The monoisotopic (exact) mass is 431 g/mol. The van der Waals surface area contributed by atoms with Crippen LogP contribution in [0.4, 0.5) is 0 Å². The van der Waals surface area contributed by atoms with Gasteiger partial charge in [-0.3, -0.25) is 0 Å². The molecule has 0 spiro atoms. The zero-order valence-corrected chi connectivity index (χ0v) is 17.2. The van der Waals surface area contributed by atoms with Crippen LogP contribution in [0.25, 0.3) is 11.0 Å². The summed E-state index contributed by atoms with van der Waals surface area (Å²) in [4.78, 5) is 8.53. The van der Waals surface area contributed by atoms with E-state index in [0.29, 0.717) is 17.1 Å². The first-order valence-electron chi connectivity index (χ1n) is 9.74. The molecular formula is C21H22ClN3O5. The average molecular weight is 432 g/mol. The van der Waals surface area contributed by atoms with Crippen molar-refractivity contribution in [1.29, 1.82) is 0 Å². The molecular weight excluding hydrogens is 410 g/mol. The molecule has 30 heavy (non-hydrogen) atoms. The molecule has 0 amide bonds. The SMILES string of the molecule is COC1Cc2cc(Cl)ccc2[C@H]([C@H]2O[C@@H](n3ccc4c(C)ncnc43)[C@H](O)[C@@H]2O)O1. The number of benzene rings is 1. The highest BCUT2D eigenvalue weighted by molar-refractivity contribution is 6.30. The molecule has 0 saturated carbocycles. The largest absolute Gasteiger partial charge is 0.387 e. The molecule has 2 N–H and O–H groups in total. The molecule has 1 fully saturated rings. The molecule has 1 unspecified atom stereocenters. The van der Waals surface area contributed by atoms with Crippen molar-refractivity contribution < 1.29 is 24.4 Å². The highest BCUT2D eigenvalue weighted by Gasteiger charge is 2.50. The molecule has 1 aromatic carbocycles. The van der Waals surface area contributed by atoms with Gasteiger partial charge in [0.25, 0.3) is 0 Å². The van der Waals surface area contributed by atoms with Gasteiger partial charge in [-0.1, -0.05) is 17.7 Å². The Morgan fingerprint density at radius 3 is 2.80 bits per heavy atom. The van der Waals surface area contributed by atoms with Crippen molar-refractivity contribution >= 4 is 22.6 Å². The van der Waals surface area contributed by atoms with Gasteiger partial charge in [0.15, 0.2) is 12.5 Å². The van der Waals surface area contributed by atoms with E-state index in [0.717, 1.165) is 22.2 Å². The Bertz CT molecular complexity index is 1090. The van der Waals surface area contributed by atoms with Gasteiger partial charge < -0.3 is 29.0 Å². The zero-order chi connectivity index (χ0) is 21.0. The Kier molecular flexibility index (Phi) is 5.01. The number of hydrogen-bond acceptors (Lipinski definition) is 7. The topological polar surface area (TPSA) is 98.9 Å². The van der Waals surface area contributed by atoms with Crippen LogP contribution < -0.4 is 0 Å². The van der Waals surface area contributed by atoms with Crippen molar-refractivity contribution in [3.63, 3.8) is 0 Å². The first kappa shape index (κ1) is 19.9. The highest BCUT2D eigenvalue weighted by atomic mass is 35.5. The number of fused-ring (bicyclic) bond motifs is 2. The van der Waals surface area contributed by atoms with Crippen LogP contribution in [-0.4, -0.2) is 56.5 Å². The summed E-state index contributed by atoms with van der Waals surface area (Å²) in [5.74, 6) is 0. The van der Waals surface area contributed by atoms with Gasteiger partial charge in [-0.05, 0) is 36.2 Å². The van der Waals surface area contributed by atoms with E-state index < -0.39 is 36.9 Å². The van der Waals surface area contributed by atoms with Gasteiger partial charge in [-0.2, -0.15) is 0 Å². The summed E-state index contributed by atoms with van der Waals surface area (Å²) in [5.41, 5.74) is 3.29. The normalized spacial score (nSPS) is 31.2. The maximum atomic E-state index is 10.9. The Labute approximate surface area is 178 Å². The van der Waals surface area contributed by atoms with Crippen molar-refractivity contribution in [2.75, 3.05) is 7.11 Å². The lowest BCUT2D eigenvalue weighted by molar-refractivity contribution is -0.206. The molecule has 0 radical (unpaired) electrons. The standard InChI is InChI=1S/C21H22ClN3O5/c1-10-13-5-6-25(20(13)24-9-23-10)21-17(27)16(26)19(30-21)18-14-4-3-12(22)7-11(14)8-15(28-2)29-18/h3-7,9,15-19,21,26-27H,8H2,1-2H3/t15?,16-,17+,18+,19-,21+/m0/s1. The molecule has 0 bridgehead atoms. The third-order valence-corrected chi connectivity index (χ3v) is 6.15. The second kappa shape index (κ2) is 7.56. The lowest BCUT2D eigenvalue weighted by atomic mass is 9.91. The smallest absolute Gasteiger partial charge is 0.164 e. The third kappa shape index (κ3) is 3.11. The predicted molar refractivity (Wildman–Crippen MR) is 108 cm³/mol. The number of aromatic nitrogens is 3. The van der Waals surface area contributed by atoms with Crippen LogP contribution in [0.1, 0.15) is 29.2 Å². The molecule has 2 aliphatic heterocycles. The highest BCUT2D eigenvalue weighted by Crippen LogP contribution is 2.43. The Balaban J connectivity index is 1.51. The van der Waals surface area contributed by atoms with E-state index >= 15 is 0 Å². The van der Waals surface area contributed by atoms with Gasteiger partial charge in [0.2, 0.25) is 0 Å². The molecule has 5 rings (SSSR count). The summed E-state index contributed by atoms with van der Waals surface area (Å²) < 4.78 is 19.4. The fraction of sp³-hybridized carbons (Fsp3) is 0.429. The maximum absolute atomic E-state index is 10.9.